The maximum Gasteiger partial charge on any atom is 0.328 e. The van der Waals surface area contributed by atoms with Gasteiger partial charge in [0.25, 0.3) is 0 Å². The van der Waals surface area contributed by atoms with Crippen molar-refractivity contribution in [2.45, 2.75) is 50.9 Å². The van der Waals surface area contributed by atoms with Crippen LogP contribution in [0.15, 0.2) is 0 Å². The minimum Gasteiger partial charge on any atom is -0.464 e. The Hall–Kier alpha value is -1.18. The van der Waals surface area contributed by atoms with Gasteiger partial charge in [0.2, 0.25) is 5.91 Å². The molecule has 1 amide bonds. The van der Waals surface area contributed by atoms with Crippen molar-refractivity contribution in [1.82, 2.24) is 10.6 Å². The summed E-state index contributed by atoms with van der Waals surface area (Å²) in [7, 11) is 0. The van der Waals surface area contributed by atoms with Crippen molar-refractivity contribution in [3.8, 4) is 0 Å². The Morgan fingerprint density at radius 2 is 2.05 bits per heavy atom. The van der Waals surface area contributed by atoms with E-state index in [-0.39, 0.29) is 30.8 Å². The standard InChI is InChI=1S/C15H26N2O5/c1-2-16-12(18)7-8-22-14(19)13-15(20,21)11-6-4-3-5-10(11)9-17-13/h10-11,13,17,20-21H,2-9H2,1H3,(H,16,18). The van der Waals surface area contributed by atoms with Crippen molar-refractivity contribution in [3.05, 3.63) is 0 Å². The molecule has 126 valence electrons. The number of aliphatic hydroxyl groups is 2. The van der Waals surface area contributed by atoms with Crippen LogP contribution in [0.5, 0.6) is 0 Å². The topological polar surface area (TPSA) is 108 Å². The molecule has 7 nitrogen and oxygen atoms in total. The van der Waals surface area contributed by atoms with E-state index >= 15 is 0 Å². The summed E-state index contributed by atoms with van der Waals surface area (Å²) >= 11 is 0. The second-order valence-electron chi connectivity index (χ2n) is 6.15. The molecule has 0 aromatic heterocycles. The van der Waals surface area contributed by atoms with Crippen molar-refractivity contribution in [2.75, 3.05) is 19.7 Å². The third kappa shape index (κ3) is 3.77. The fourth-order valence-corrected chi connectivity index (χ4v) is 3.51. The lowest BCUT2D eigenvalue weighted by Crippen LogP contribution is -2.67. The predicted octanol–water partition coefficient (Wildman–Crippen LogP) is -0.485. The molecule has 22 heavy (non-hydrogen) atoms. The lowest BCUT2D eigenvalue weighted by Gasteiger charge is -2.47. The van der Waals surface area contributed by atoms with Crippen LogP contribution in [0.3, 0.4) is 0 Å². The van der Waals surface area contributed by atoms with Crippen LogP contribution in [0.4, 0.5) is 0 Å². The van der Waals surface area contributed by atoms with Gasteiger partial charge in [0, 0.05) is 12.5 Å². The highest BCUT2D eigenvalue weighted by Gasteiger charge is 2.53. The Morgan fingerprint density at radius 3 is 2.77 bits per heavy atom. The molecule has 2 rings (SSSR count). The molecule has 3 atom stereocenters. The van der Waals surface area contributed by atoms with E-state index in [1.807, 2.05) is 6.92 Å². The van der Waals surface area contributed by atoms with Crippen LogP contribution in [0.25, 0.3) is 0 Å². The molecule has 7 heteroatoms. The first-order valence-corrected chi connectivity index (χ1v) is 8.08. The fourth-order valence-electron chi connectivity index (χ4n) is 3.51. The number of carbonyl (C=O) groups excluding carboxylic acids is 2. The van der Waals surface area contributed by atoms with Crippen LogP contribution in [0.1, 0.15) is 39.0 Å². The van der Waals surface area contributed by atoms with E-state index in [2.05, 4.69) is 10.6 Å². The van der Waals surface area contributed by atoms with Gasteiger partial charge in [0.1, 0.15) is 6.61 Å². The maximum absolute atomic E-state index is 12.1. The van der Waals surface area contributed by atoms with Gasteiger partial charge in [-0.25, -0.2) is 0 Å². The normalized spacial score (nSPS) is 30.2. The number of carbonyl (C=O) groups is 2. The molecule has 0 spiro atoms. The van der Waals surface area contributed by atoms with E-state index in [4.69, 9.17) is 4.74 Å². The number of nitrogens with one attached hydrogen (secondary N) is 2. The van der Waals surface area contributed by atoms with Crippen LogP contribution in [-0.2, 0) is 14.3 Å². The van der Waals surface area contributed by atoms with Crippen molar-refractivity contribution in [1.29, 1.82) is 0 Å². The Kier molecular flexibility index (Phi) is 5.77. The summed E-state index contributed by atoms with van der Waals surface area (Å²) < 4.78 is 5.03. The summed E-state index contributed by atoms with van der Waals surface area (Å²) in [5.41, 5.74) is 0. The summed E-state index contributed by atoms with van der Waals surface area (Å²) in [6, 6.07) is -1.15. The lowest BCUT2D eigenvalue weighted by atomic mass is 9.70. The van der Waals surface area contributed by atoms with Crippen LogP contribution < -0.4 is 10.6 Å². The SMILES string of the molecule is CCNC(=O)CCOC(=O)C1NCC2CCCCC2C1(O)O. The van der Waals surface area contributed by atoms with Crippen LogP contribution >= 0.6 is 0 Å². The van der Waals surface area contributed by atoms with Crippen LogP contribution in [0.2, 0.25) is 0 Å². The monoisotopic (exact) mass is 314 g/mol. The molecular weight excluding hydrogens is 288 g/mol. The number of amides is 1. The molecular formula is C15H26N2O5. The Bertz CT molecular complexity index is 413. The summed E-state index contributed by atoms with van der Waals surface area (Å²) in [5, 5.41) is 26.3. The molecule has 2 fully saturated rings. The first-order chi connectivity index (χ1) is 10.5. The van der Waals surface area contributed by atoms with Crippen molar-refractivity contribution in [2.24, 2.45) is 11.8 Å². The zero-order valence-electron chi connectivity index (χ0n) is 13.0. The number of piperidine rings is 1. The fraction of sp³-hybridized carbons (Fsp3) is 0.867. The molecule has 1 aliphatic carbocycles. The van der Waals surface area contributed by atoms with E-state index < -0.39 is 17.8 Å². The second-order valence-corrected chi connectivity index (χ2v) is 6.15. The highest BCUT2D eigenvalue weighted by atomic mass is 16.5. The number of ether oxygens (including phenoxy) is 1. The number of fused-ring (bicyclic) bond motifs is 1. The van der Waals surface area contributed by atoms with E-state index in [0.29, 0.717) is 19.5 Å². The van der Waals surface area contributed by atoms with Crippen molar-refractivity contribution >= 4 is 11.9 Å². The predicted molar refractivity (Wildman–Crippen MR) is 78.7 cm³/mol. The van der Waals surface area contributed by atoms with Crippen LogP contribution in [0, 0.1) is 11.8 Å². The van der Waals surface area contributed by atoms with Gasteiger partial charge >= 0.3 is 5.97 Å². The smallest absolute Gasteiger partial charge is 0.328 e. The number of esters is 1. The average molecular weight is 314 g/mol. The molecule has 4 N–H and O–H groups in total. The molecule has 0 bridgehead atoms. The molecule has 3 unspecified atom stereocenters. The Balaban J connectivity index is 1.88. The molecule has 0 radical (unpaired) electrons. The average Bonchev–Trinajstić information content (AvgIpc) is 2.47. The third-order valence-electron chi connectivity index (χ3n) is 4.65. The summed E-state index contributed by atoms with van der Waals surface area (Å²) in [4.78, 5) is 23.4. The molecule has 1 saturated heterocycles. The molecule has 1 heterocycles. The number of rotatable bonds is 5. The molecule has 2 aliphatic rings. The minimum atomic E-state index is -2.09. The molecule has 0 aromatic carbocycles. The highest BCUT2D eigenvalue weighted by Crippen LogP contribution is 2.40. The number of hydrogen-bond donors (Lipinski definition) is 4. The van der Waals surface area contributed by atoms with Gasteiger partial charge in [0.15, 0.2) is 11.8 Å². The van der Waals surface area contributed by atoms with Gasteiger partial charge in [-0.05, 0) is 32.2 Å². The van der Waals surface area contributed by atoms with Gasteiger partial charge in [0.05, 0.1) is 6.42 Å². The van der Waals surface area contributed by atoms with Gasteiger partial charge in [-0.3, -0.25) is 14.9 Å². The zero-order chi connectivity index (χ0) is 16.2. The number of hydrogen-bond acceptors (Lipinski definition) is 6. The second kappa shape index (κ2) is 7.39. The molecule has 1 aliphatic heterocycles. The highest BCUT2D eigenvalue weighted by molar-refractivity contribution is 5.79. The Morgan fingerprint density at radius 1 is 1.32 bits per heavy atom. The van der Waals surface area contributed by atoms with Gasteiger partial charge in [-0.2, -0.15) is 0 Å². The third-order valence-corrected chi connectivity index (χ3v) is 4.65. The lowest BCUT2D eigenvalue weighted by molar-refractivity contribution is -0.253. The van der Waals surface area contributed by atoms with E-state index in [9.17, 15) is 19.8 Å². The minimum absolute atomic E-state index is 0.0625. The molecule has 0 aromatic rings. The summed E-state index contributed by atoms with van der Waals surface area (Å²) in [6.45, 7) is 2.86. The van der Waals surface area contributed by atoms with E-state index in [1.54, 1.807) is 0 Å². The largest absolute Gasteiger partial charge is 0.464 e. The zero-order valence-corrected chi connectivity index (χ0v) is 13.0. The van der Waals surface area contributed by atoms with Crippen LogP contribution in [-0.4, -0.2) is 53.6 Å². The summed E-state index contributed by atoms with van der Waals surface area (Å²) in [5.74, 6) is -3.12. The summed E-state index contributed by atoms with van der Waals surface area (Å²) in [6.07, 6.45) is 3.76. The Labute approximate surface area is 130 Å². The van der Waals surface area contributed by atoms with Gasteiger partial charge in [-0.1, -0.05) is 12.8 Å². The first kappa shape index (κ1) is 17.2. The quantitative estimate of drug-likeness (QED) is 0.403. The van der Waals surface area contributed by atoms with E-state index in [0.717, 1.165) is 19.3 Å². The van der Waals surface area contributed by atoms with Gasteiger partial charge in [-0.15, -0.1) is 0 Å². The first-order valence-electron chi connectivity index (χ1n) is 8.08. The van der Waals surface area contributed by atoms with Gasteiger partial charge < -0.3 is 20.3 Å². The molecule has 1 saturated carbocycles. The maximum atomic E-state index is 12.1. The van der Waals surface area contributed by atoms with Crippen molar-refractivity contribution < 1.29 is 24.5 Å². The van der Waals surface area contributed by atoms with E-state index in [1.165, 1.54) is 0 Å². The van der Waals surface area contributed by atoms with Crippen molar-refractivity contribution in [3.63, 3.8) is 0 Å².